The molecule has 0 saturated carbocycles. The van der Waals surface area contributed by atoms with E-state index in [2.05, 4.69) is 5.32 Å². The molecule has 3 aliphatic heterocycles. The van der Waals surface area contributed by atoms with Crippen LogP contribution in [0.25, 0.3) is 0 Å². The molecule has 0 spiro atoms. The van der Waals surface area contributed by atoms with Crippen LogP contribution in [0.1, 0.15) is 54.9 Å². The van der Waals surface area contributed by atoms with Gasteiger partial charge in [0.05, 0.1) is 0 Å². The number of hydrogen-bond donors (Lipinski definition) is 1. The molecule has 4 rings (SSSR count). The number of carbonyl (C=O) groups is 5. The van der Waals surface area contributed by atoms with E-state index < -0.39 is 40.5 Å². The second kappa shape index (κ2) is 7.12. The highest BCUT2D eigenvalue weighted by Crippen LogP contribution is 2.56. The van der Waals surface area contributed by atoms with Crippen molar-refractivity contribution in [2.75, 3.05) is 0 Å². The van der Waals surface area contributed by atoms with Crippen LogP contribution in [-0.2, 0) is 24.0 Å². The predicted octanol–water partition coefficient (Wildman–Crippen LogP) is 1.15. The summed E-state index contributed by atoms with van der Waals surface area (Å²) < 4.78 is -0.595. The number of imide groups is 1. The van der Waals surface area contributed by atoms with Gasteiger partial charge < -0.3 is 15.1 Å². The summed E-state index contributed by atoms with van der Waals surface area (Å²) in [5, 5.41) is 2.74. The maximum absolute atomic E-state index is 13.1. The van der Waals surface area contributed by atoms with Gasteiger partial charge in [0.25, 0.3) is 17.7 Å². The van der Waals surface area contributed by atoms with Crippen molar-refractivity contribution in [1.82, 2.24) is 15.3 Å². The van der Waals surface area contributed by atoms with E-state index >= 15 is 0 Å². The number of fused-ring (bicyclic) bond motifs is 3. The average Bonchev–Trinajstić information content (AvgIpc) is 3.25. The maximum Gasteiger partial charge on any atom is 0.354 e. The molecule has 0 aliphatic carbocycles. The Bertz CT molecular complexity index is 961. The molecule has 4 amide bonds. The summed E-state index contributed by atoms with van der Waals surface area (Å²) in [6.07, 6.45) is -0.0290. The Labute approximate surface area is 177 Å². The predicted molar refractivity (Wildman–Crippen MR) is 106 cm³/mol. The minimum absolute atomic E-state index is 0.0145. The van der Waals surface area contributed by atoms with Gasteiger partial charge in [-0.3, -0.25) is 19.2 Å². The Morgan fingerprint density at radius 3 is 2.47 bits per heavy atom. The highest BCUT2D eigenvalue weighted by molar-refractivity contribution is 8.01. The largest absolute Gasteiger partial charge is 0.354 e. The Balaban J connectivity index is 1.49. The monoisotopic (exact) mass is 431 g/mol. The zero-order valence-electron chi connectivity index (χ0n) is 16.7. The van der Waals surface area contributed by atoms with E-state index in [0.29, 0.717) is 10.6 Å². The standard InChI is InChI=1S/C20H21N3O6S/c1-10(19(28)29-23-13(24)8-9-14(23)25)21-16(26)15-20(2,3)30-18-12-7-5-4-6-11(12)17(27)22(15)18/h4-7,10,15,18H,8-9H2,1-3H3,(H,21,26). The van der Waals surface area contributed by atoms with Gasteiger partial charge in [0, 0.05) is 23.2 Å². The fourth-order valence-corrected chi connectivity index (χ4v) is 5.57. The van der Waals surface area contributed by atoms with Crippen molar-refractivity contribution in [1.29, 1.82) is 0 Å². The molecule has 9 nitrogen and oxygen atoms in total. The first-order valence-corrected chi connectivity index (χ1v) is 10.5. The first-order chi connectivity index (χ1) is 14.1. The number of hydroxylamine groups is 2. The highest BCUT2D eigenvalue weighted by atomic mass is 32.2. The maximum atomic E-state index is 13.1. The summed E-state index contributed by atoms with van der Waals surface area (Å²) in [5.41, 5.74) is 1.44. The molecule has 0 aromatic heterocycles. The Kier molecular flexibility index (Phi) is 4.84. The summed E-state index contributed by atoms with van der Waals surface area (Å²) in [4.78, 5) is 68.0. The van der Waals surface area contributed by atoms with Crippen LogP contribution >= 0.6 is 11.8 Å². The third kappa shape index (κ3) is 3.15. The van der Waals surface area contributed by atoms with Crippen molar-refractivity contribution in [3.05, 3.63) is 35.4 Å². The molecule has 3 heterocycles. The number of amides is 4. The van der Waals surface area contributed by atoms with Crippen molar-refractivity contribution in [3.63, 3.8) is 0 Å². The van der Waals surface area contributed by atoms with Gasteiger partial charge in [-0.25, -0.2) is 4.79 Å². The van der Waals surface area contributed by atoms with Gasteiger partial charge in [-0.1, -0.05) is 18.2 Å². The van der Waals surface area contributed by atoms with Crippen LogP contribution < -0.4 is 5.32 Å². The van der Waals surface area contributed by atoms with Crippen molar-refractivity contribution in [3.8, 4) is 0 Å². The Morgan fingerprint density at radius 2 is 1.80 bits per heavy atom. The minimum Gasteiger partial charge on any atom is -0.341 e. The molecule has 3 atom stereocenters. The molecule has 1 aromatic carbocycles. The molecule has 1 N–H and O–H groups in total. The number of hydrogen-bond acceptors (Lipinski definition) is 7. The fraction of sp³-hybridized carbons (Fsp3) is 0.450. The number of thioether (sulfide) groups is 1. The van der Waals surface area contributed by atoms with Crippen LogP contribution in [0, 0.1) is 0 Å². The summed E-state index contributed by atoms with van der Waals surface area (Å²) in [7, 11) is 0. The van der Waals surface area contributed by atoms with Crippen molar-refractivity contribution in [2.24, 2.45) is 0 Å². The molecule has 30 heavy (non-hydrogen) atoms. The lowest BCUT2D eigenvalue weighted by Gasteiger charge is -2.30. The lowest BCUT2D eigenvalue weighted by molar-refractivity contribution is -0.198. The van der Waals surface area contributed by atoms with Crippen LogP contribution in [0.15, 0.2) is 24.3 Å². The summed E-state index contributed by atoms with van der Waals surface area (Å²) in [6.45, 7) is 5.15. The van der Waals surface area contributed by atoms with Crippen LogP contribution in [-0.4, -0.2) is 56.4 Å². The highest BCUT2D eigenvalue weighted by Gasteiger charge is 2.57. The minimum atomic E-state index is -1.11. The topological polar surface area (TPSA) is 113 Å². The number of nitrogens with zero attached hydrogens (tertiary/aromatic N) is 2. The number of nitrogens with one attached hydrogen (secondary N) is 1. The van der Waals surface area contributed by atoms with E-state index in [0.717, 1.165) is 5.56 Å². The van der Waals surface area contributed by atoms with Gasteiger partial charge in [-0.05, 0) is 32.4 Å². The van der Waals surface area contributed by atoms with Gasteiger partial charge in [0.2, 0.25) is 5.91 Å². The average molecular weight is 431 g/mol. The molecule has 1 aromatic rings. The SMILES string of the molecule is CC(NC(=O)C1N2C(=O)c3ccccc3C2SC1(C)C)C(=O)ON1C(=O)CCC1=O. The normalized spacial score (nSPS) is 25.2. The van der Waals surface area contributed by atoms with Gasteiger partial charge in [-0.2, -0.15) is 0 Å². The van der Waals surface area contributed by atoms with Gasteiger partial charge in [0.15, 0.2) is 0 Å². The van der Waals surface area contributed by atoms with Gasteiger partial charge in [-0.15, -0.1) is 16.8 Å². The third-order valence-electron chi connectivity index (χ3n) is 5.44. The first kappa shape index (κ1) is 20.4. The Hall–Kier alpha value is -2.88. The molecule has 2 fully saturated rings. The van der Waals surface area contributed by atoms with Crippen molar-refractivity contribution in [2.45, 2.75) is 55.8 Å². The number of rotatable bonds is 4. The zero-order chi connectivity index (χ0) is 21.8. The molecule has 3 unspecified atom stereocenters. The molecule has 0 radical (unpaired) electrons. The van der Waals surface area contributed by atoms with Crippen LogP contribution in [0.5, 0.6) is 0 Å². The Morgan fingerprint density at radius 1 is 1.17 bits per heavy atom. The van der Waals surface area contributed by atoms with Crippen LogP contribution in [0.2, 0.25) is 0 Å². The summed E-state index contributed by atoms with van der Waals surface area (Å²) >= 11 is 1.51. The number of benzene rings is 1. The molecular formula is C20H21N3O6S. The summed E-state index contributed by atoms with van der Waals surface area (Å²) in [6, 6.07) is 5.34. The van der Waals surface area contributed by atoms with Crippen molar-refractivity contribution < 1.29 is 28.8 Å². The van der Waals surface area contributed by atoms with Gasteiger partial charge >= 0.3 is 5.97 Å². The molecule has 3 aliphatic rings. The summed E-state index contributed by atoms with van der Waals surface area (Å²) in [5.74, 6) is -2.84. The second-order valence-corrected chi connectivity index (χ2v) is 9.73. The van der Waals surface area contributed by atoms with E-state index in [1.807, 2.05) is 26.0 Å². The van der Waals surface area contributed by atoms with E-state index in [1.54, 1.807) is 17.0 Å². The van der Waals surface area contributed by atoms with Crippen molar-refractivity contribution >= 4 is 41.4 Å². The molecular weight excluding hydrogens is 410 g/mol. The lowest BCUT2D eigenvalue weighted by atomic mass is 10.0. The van der Waals surface area contributed by atoms with E-state index in [1.165, 1.54) is 18.7 Å². The number of carbonyl (C=O) groups excluding carboxylic acids is 5. The van der Waals surface area contributed by atoms with Crippen LogP contribution in [0.4, 0.5) is 0 Å². The quantitative estimate of drug-likeness (QED) is 0.712. The zero-order valence-corrected chi connectivity index (χ0v) is 17.5. The van der Waals surface area contributed by atoms with E-state index in [-0.39, 0.29) is 24.1 Å². The lowest BCUT2D eigenvalue weighted by Crippen LogP contribution is -2.55. The molecule has 2 saturated heterocycles. The smallest absolute Gasteiger partial charge is 0.341 e. The van der Waals surface area contributed by atoms with E-state index in [9.17, 15) is 24.0 Å². The molecule has 10 heteroatoms. The first-order valence-electron chi connectivity index (χ1n) is 9.59. The van der Waals surface area contributed by atoms with E-state index in [4.69, 9.17) is 4.84 Å². The molecule has 158 valence electrons. The van der Waals surface area contributed by atoms with Crippen LogP contribution in [0.3, 0.4) is 0 Å². The third-order valence-corrected chi connectivity index (χ3v) is 6.98. The molecule has 0 bridgehead atoms. The fourth-order valence-electron chi connectivity index (χ4n) is 3.98. The second-order valence-electron chi connectivity index (χ2n) is 8.00. The van der Waals surface area contributed by atoms with Gasteiger partial charge in [0.1, 0.15) is 17.5 Å².